The van der Waals surface area contributed by atoms with Gasteiger partial charge in [-0.3, -0.25) is 4.79 Å². The van der Waals surface area contributed by atoms with Gasteiger partial charge < -0.3 is 16.0 Å². The lowest BCUT2D eigenvalue weighted by Crippen LogP contribution is -2.26. The first-order chi connectivity index (χ1) is 15.2. The van der Waals surface area contributed by atoms with Crippen LogP contribution in [0, 0.1) is 0 Å². The summed E-state index contributed by atoms with van der Waals surface area (Å²) in [5.74, 6) is 0. The van der Waals surface area contributed by atoms with Gasteiger partial charge >= 0.3 is 0 Å². The monoisotopic (exact) mass is 493 g/mol. The van der Waals surface area contributed by atoms with E-state index < -0.39 is 0 Å². The second-order valence-corrected chi connectivity index (χ2v) is 7.94. The minimum atomic E-state index is -0.161. The van der Waals surface area contributed by atoms with Crippen molar-refractivity contribution in [1.29, 1.82) is 0 Å². The smallest absolute Gasteiger partial charge is 0.272 e. The minimum absolute atomic E-state index is 0. The Hall–Kier alpha value is -2.28. The summed E-state index contributed by atoms with van der Waals surface area (Å²) in [5.41, 5.74) is 9.60. The summed E-state index contributed by atoms with van der Waals surface area (Å²) in [4.78, 5) is 14.6. The first kappa shape index (κ1) is 28.8. The van der Waals surface area contributed by atoms with Gasteiger partial charge in [0.2, 0.25) is 0 Å². The van der Waals surface area contributed by atoms with E-state index in [0.717, 1.165) is 80.6 Å². The molecule has 0 unspecified atom stereocenters. The predicted octanol–water partition coefficient (Wildman–Crippen LogP) is 5.60. The zero-order chi connectivity index (χ0) is 22.1. The van der Waals surface area contributed by atoms with Crippen LogP contribution in [0.25, 0.3) is 22.0 Å². The summed E-state index contributed by atoms with van der Waals surface area (Å²) in [6.45, 7) is 8.12. The number of halogens is 2. The number of unbranched alkanes of at least 4 members (excludes halogenated alkanes) is 2. The van der Waals surface area contributed by atoms with Crippen molar-refractivity contribution >= 4 is 47.0 Å². The predicted molar refractivity (Wildman–Crippen MR) is 146 cm³/mol. The Morgan fingerprint density at radius 3 is 2.33 bits per heavy atom. The molecule has 0 saturated carbocycles. The number of hydrogen-bond acceptors (Lipinski definition) is 5. The van der Waals surface area contributed by atoms with Crippen LogP contribution in [0.2, 0.25) is 0 Å². The third-order valence-corrected chi connectivity index (χ3v) is 5.49. The van der Waals surface area contributed by atoms with Crippen molar-refractivity contribution in [3.63, 3.8) is 0 Å². The van der Waals surface area contributed by atoms with Gasteiger partial charge in [-0.2, -0.15) is 5.10 Å². The molecular formula is C25H37Cl2N5O. The zero-order valence-electron chi connectivity index (χ0n) is 19.6. The summed E-state index contributed by atoms with van der Waals surface area (Å²) < 4.78 is 0. The molecule has 0 aliphatic rings. The molecule has 0 fully saturated rings. The van der Waals surface area contributed by atoms with Crippen LogP contribution in [0.5, 0.6) is 0 Å². The quantitative estimate of drug-likeness (QED) is 0.285. The number of nitrogens with zero attached hydrogens (tertiary/aromatic N) is 2. The highest BCUT2D eigenvalue weighted by Crippen LogP contribution is 2.33. The van der Waals surface area contributed by atoms with Gasteiger partial charge in [0.1, 0.15) is 0 Å². The number of aromatic amines is 1. The fourth-order valence-electron chi connectivity index (χ4n) is 4.00. The fourth-order valence-corrected chi connectivity index (χ4v) is 4.00. The summed E-state index contributed by atoms with van der Waals surface area (Å²) in [6.07, 6.45) is 5.47. The van der Waals surface area contributed by atoms with Crippen molar-refractivity contribution in [3.05, 3.63) is 52.8 Å². The minimum Gasteiger partial charge on any atom is -0.383 e. The molecule has 1 heterocycles. The van der Waals surface area contributed by atoms with Gasteiger partial charge in [-0.05, 0) is 50.4 Å². The average molecular weight is 495 g/mol. The van der Waals surface area contributed by atoms with Crippen LogP contribution in [-0.2, 0) is 0 Å². The van der Waals surface area contributed by atoms with Crippen molar-refractivity contribution in [2.45, 2.75) is 46.0 Å². The van der Waals surface area contributed by atoms with Gasteiger partial charge in [0.15, 0.2) is 0 Å². The molecular weight excluding hydrogens is 457 g/mol. The maximum atomic E-state index is 12.2. The van der Waals surface area contributed by atoms with Crippen LogP contribution in [-0.4, -0.2) is 36.4 Å². The normalized spacial score (nSPS) is 10.4. The van der Waals surface area contributed by atoms with Crippen LogP contribution in [0.3, 0.4) is 0 Å². The Morgan fingerprint density at radius 2 is 1.67 bits per heavy atom. The third kappa shape index (κ3) is 7.36. The standard InChI is InChI=1S/C25H35N5O.2ClH/c1-3-16-30(17-4-2)23-13-12-19(18-22(23)27-15-9-5-8-14-26)24-20-10-6-7-11-21(20)25(31)29-28-24;;/h6-7,10-13,18,27H,3-5,8-9,14-17,26H2,1-2H3,(H,29,31);2*1H. The van der Waals surface area contributed by atoms with E-state index in [1.807, 2.05) is 24.3 Å². The fraction of sp³-hybridized carbons (Fsp3) is 0.440. The van der Waals surface area contributed by atoms with Crippen molar-refractivity contribution in [2.75, 3.05) is 36.4 Å². The van der Waals surface area contributed by atoms with Crippen LogP contribution in [0.15, 0.2) is 47.3 Å². The molecule has 0 aliphatic heterocycles. The number of hydrogen-bond donors (Lipinski definition) is 3. The molecule has 0 atom stereocenters. The van der Waals surface area contributed by atoms with E-state index in [1.165, 1.54) is 5.69 Å². The largest absolute Gasteiger partial charge is 0.383 e. The Labute approximate surface area is 209 Å². The lowest BCUT2D eigenvalue weighted by molar-refractivity contribution is 0.706. The number of H-pyrrole nitrogens is 1. The summed E-state index contributed by atoms with van der Waals surface area (Å²) in [5, 5.41) is 12.2. The molecule has 3 aromatic rings. The lowest BCUT2D eigenvalue weighted by Gasteiger charge is -2.27. The molecule has 0 spiro atoms. The van der Waals surface area contributed by atoms with Gasteiger partial charge in [0, 0.05) is 30.6 Å². The second kappa shape index (κ2) is 14.8. The second-order valence-electron chi connectivity index (χ2n) is 7.94. The number of anilines is 2. The molecule has 0 aliphatic carbocycles. The molecule has 8 heteroatoms. The highest BCUT2D eigenvalue weighted by atomic mass is 35.5. The molecule has 0 bridgehead atoms. The van der Waals surface area contributed by atoms with Gasteiger partial charge in [-0.15, -0.1) is 24.8 Å². The molecule has 2 aromatic carbocycles. The third-order valence-electron chi connectivity index (χ3n) is 5.49. The van der Waals surface area contributed by atoms with Gasteiger partial charge in [0.25, 0.3) is 5.56 Å². The zero-order valence-corrected chi connectivity index (χ0v) is 21.2. The van der Waals surface area contributed by atoms with E-state index in [4.69, 9.17) is 5.73 Å². The van der Waals surface area contributed by atoms with E-state index in [-0.39, 0.29) is 30.4 Å². The number of rotatable bonds is 12. The summed E-state index contributed by atoms with van der Waals surface area (Å²) in [7, 11) is 0. The van der Waals surface area contributed by atoms with Crippen LogP contribution >= 0.6 is 24.8 Å². The van der Waals surface area contributed by atoms with Crippen molar-refractivity contribution in [3.8, 4) is 11.3 Å². The summed E-state index contributed by atoms with van der Waals surface area (Å²) in [6, 6.07) is 14.1. The van der Waals surface area contributed by atoms with Gasteiger partial charge in [0.05, 0.1) is 22.5 Å². The SMILES string of the molecule is CCCN(CCC)c1ccc(-c2n[nH]c(=O)c3ccccc23)cc1NCCCCCN.Cl.Cl. The van der Waals surface area contributed by atoms with Crippen LogP contribution in [0.4, 0.5) is 11.4 Å². The molecule has 182 valence electrons. The van der Waals surface area contributed by atoms with Gasteiger partial charge in [-0.25, -0.2) is 5.10 Å². The highest BCUT2D eigenvalue weighted by molar-refractivity contribution is 5.94. The first-order valence-electron chi connectivity index (χ1n) is 11.5. The maximum Gasteiger partial charge on any atom is 0.272 e. The average Bonchev–Trinajstić information content (AvgIpc) is 2.79. The Bertz CT molecular complexity index is 1030. The molecule has 0 radical (unpaired) electrons. The first-order valence-corrected chi connectivity index (χ1v) is 11.5. The number of nitrogens with two attached hydrogens (primary N) is 1. The Kier molecular flexibility index (Phi) is 12.9. The van der Waals surface area contributed by atoms with Crippen molar-refractivity contribution in [1.82, 2.24) is 10.2 Å². The topological polar surface area (TPSA) is 87.0 Å². The molecule has 1 aromatic heterocycles. The lowest BCUT2D eigenvalue weighted by atomic mass is 10.0. The molecule has 4 N–H and O–H groups in total. The molecule has 33 heavy (non-hydrogen) atoms. The van der Waals surface area contributed by atoms with Crippen LogP contribution < -0.4 is 21.5 Å². The molecule has 3 rings (SSSR count). The van der Waals surface area contributed by atoms with Crippen molar-refractivity contribution in [2.24, 2.45) is 5.73 Å². The molecule has 6 nitrogen and oxygen atoms in total. The Balaban J connectivity index is 0.00000272. The van der Waals surface area contributed by atoms with Crippen molar-refractivity contribution < 1.29 is 0 Å². The number of benzene rings is 2. The van der Waals surface area contributed by atoms with E-state index in [2.05, 4.69) is 52.5 Å². The number of fused-ring (bicyclic) bond motifs is 1. The highest BCUT2D eigenvalue weighted by Gasteiger charge is 2.14. The van der Waals surface area contributed by atoms with Crippen LogP contribution in [0.1, 0.15) is 46.0 Å². The van der Waals surface area contributed by atoms with E-state index >= 15 is 0 Å². The van der Waals surface area contributed by atoms with E-state index in [9.17, 15) is 4.79 Å². The van der Waals surface area contributed by atoms with E-state index in [1.54, 1.807) is 0 Å². The van der Waals surface area contributed by atoms with E-state index in [0.29, 0.717) is 5.39 Å². The number of aromatic nitrogens is 2. The number of nitrogens with one attached hydrogen (secondary N) is 2. The molecule has 0 saturated heterocycles. The van der Waals surface area contributed by atoms with Gasteiger partial charge in [-0.1, -0.05) is 44.5 Å². The summed E-state index contributed by atoms with van der Waals surface area (Å²) >= 11 is 0. The Morgan fingerprint density at radius 1 is 0.970 bits per heavy atom. The maximum absolute atomic E-state index is 12.2. The molecule has 0 amide bonds.